The fraction of sp³-hybridized carbons (Fsp3) is 0.429. The predicted molar refractivity (Wildman–Crippen MR) is 46.1 cm³/mol. The quantitative estimate of drug-likeness (QED) is 0.688. The average molecular weight is 183 g/mol. The largest absolute Gasteiger partial charge is 0.365 e. The minimum atomic E-state index is -0.384. The summed E-state index contributed by atoms with van der Waals surface area (Å²) in [6, 6.07) is 0. The molecule has 0 spiro atoms. The molecule has 0 unspecified atom stereocenters. The zero-order valence-electron chi connectivity index (χ0n) is 6.49. The van der Waals surface area contributed by atoms with Crippen LogP contribution in [0.5, 0.6) is 0 Å². The standard InChI is InChI=1S/C7H9N3OS/c8-6(11)5-4-9-10-2-1-3-12-7(5)10/h4H,1-3H2,(H2,8,11). The van der Waals surface area contributed by atoms with Crippen LogP contribution in [0.15, 0.2) is 11.2 Å². The molecule has 4 nitrogen and oxygen atoms in total. The third-order valence-corrected chi connectivity index (χ3v) is 3.01. The Hall–Kier alpha value is -0.970. The SMILES string of the molecule is NC(=O)c1cnn2c1SCCC2. The van der Waals surface area contributed by atoms with Gasteiger partial charge in [-0.15, -0.1) is 11.8 Å². The molecule has 2 rings (SSSR count). The van der Waals surface area contributed by atoms with E-state index in [2.05, 4.69) is 5.10 Å². The lowest BCUT2D eigenvalue weighted by Gasteiger charge is -2.12. The summed E-state index contributed by atoms with van der Waals surface area (Å²) in [4.78, 5) is 10.9. The van der Waals surface area contributed by atoms with Crippen molar-refractivity contribution in [3.05, 3.63) is 11.8 Å². The molecular formula is C7H9N3OS. The molecule has 2 heterocycles. The maximum Gasteiger partial charge on any atom is 0.253 e. The van der Waals surface area contributed by atoms with E-state index >= 15 is 0 Å². The number of amides is 1. The first-order valence-corrected chi connectivity index (χ1v) is 4.76. The lowest BCUT2D eigenvalue weighted by atomic mass is 10.3. The fourth-order valence-electron chi connectivity index (χ4n) is 1.24. The summed E-state index contributed by atoms with van der Waals surface area (Å²) in [5.41, 5.74) is 5.73. The van der Waals surface area contributed by atoms with Crippen molar-refractivity contribution in [2.24, 2.45) is 5.73 Å². The number of primary amides is 1. The maximum atomic E-state index is 10.9. The van der Waals surface area contributed by atoms with Crippen molar-refractivity contribution in [2.45, 2.75) is 18.0 Å². The van der Waals surface area contributed by atoms with Crippen molar-refractivity contribution in [1.29, 1.82) is 0 Å². The van der Waals surface area contributed by atoms with Crippen LogP contribution in [0.4, 0.5) is 0 Å². The molecule has 0 atom stereocenters. The number of fused-ring (bicyclic) bond motifs is 1. The van der Waals surface area contributed by atoms with Crippen LogP contribution in [0, 0.1) is 0 Å². The van der Waals surface area contributed by atoms with Gasteiger partial charge in [0.1, 0.15) is 5.03 Å². The lowest BCUT2D eigenvalue weighted by molar-refractivity contribution is 0.0997. The second-order valence-corrected chi connectivity index (χ2v) is 3.74. The Labute approximate surface area is 74.1 Å². The number of nitrogens with two attached hydrogens (primary N) is 1. The third kappa shape index (κ3) is 1.10. The first kappa shape index (κ1) is 7.67. The highest BCUT2D eigenvalue weighted by Crippen LogP contribution is 2.27. The Morgan fingerprint density at radius 3 is 3.33 bits per heavy atom. The number of rotatable bonds is 1. The number of thioether (sulfide) groups is 1. The number of carbonyl (C=O) groups excluding carboxylic acids is 1. The molecular weight excluding hydrogens is 174 g/mol. The summed E-state index contributed by atoms with van der Waals surface area (Å²) in [7, 11) is 0. The van der Waals surface area contributed by atoms with Crippen LogP contribution in [-0.2, 0) is 6.54 Å². The van der Waals surface area contributed by atoms with E-state index < -0.39 is 0 Å². The summed E-state index contributed by atoms with van der Waals surface area (Å²) in [6.45, 7) is 0.898. The van der Waals surface area contributed by atoms with E-state index in [-0.39, 0.29) is 5.91 Å². The number of nitrogens with zero attached hydrogens (tertiary/aromatic N) is 2. The monoisotopic (exact) mass is 183 g/mol. The summed E-state index contributed by atoms with van der Waals surface area (Å²) in [6.07, 6.45) is 2.66. The number of aromatic nitrogens is 2. The molecule has 5 heteroatoms. The van der Waals surface area contributed by atoms with E-state index in [1.807, 2.05) is 4.68 Å². The van der Waals surface area contributed by atoms with Gasteiger partial charge in [-0.1, -0.05) is 0 Å². The first-order valence-electron chi connectivity index (χ1n) is 3.77. The van der Waals surface area contributed by atoms with Gasteiger partial charge in [0.05, 0.1) is 11.8 Å². The molecule has 0 saturated heterocycles. The van der Waals surface area contributed by atoms with Gasteiger partial charge < -0.3 is 5.73 Å². The van der Waals surface area contributed by atoms with Gasteiger partial charge in [0.25, 0.3) is 5.91 Å². The molecule has 2 N–H and O–H groups in total. The smallest absolute Gasteiger partial charge is 0.253 e. The number of carbonyl (C=O) groups is 1. The highest BCUT2D eigenvalue weighted by Gasteiger charge is 2.17. The van der Waals surface area contributed by atoms with Crippen molar-refractivity contribution in [3.63, 3.8) is 0 Å². The molecule has 1 aromatic heterocycles. The minimum Gasteiger partial charge on any atom is -0.365 e. The molecule has 64 valence electrons. The number of hydrogen-bond donors (Lipinski definition) is 1. The van der Waals surface area contributed by atoms with Crippen molar-refractivity contribution in [2.75, 3.05) is 5.75 Å². The van der Waals surface area contributed by atoms with E-state index in [1.165, 1.54) is 0 Å². The van der Waals surface area contributed by atoms with Gasteiger partial charge in [-0.25, -0.2) is 0 Å². The van der Waals surface area contributed by atoms with Crippen molar-refractivity contribution in [3.8, 4) is 0 Å². The molecule has 0 bridgehead atoms. The number of hydrogen-bond acceptors (Lipinski definition) is 3. The van der Waals surface area contributed by atoms with E-state index in [9.17, 15) is 4.79 Å². The molecule has 12 heavy (non-hydrogen) atoms. The van der Waals surface area contributed by atoms with Crippen LogP contribution >= 0.6 is 11.8 Å². The van der Waals surface area contributed by atoms with Crippen LogP contribution in [0.1, 0.15) is 16.8 Å². The van der Waals surface area contributed by atoms with Crippen molar-refractivity contribution in [1.82, 2.24) is 9.78 Å². The molecule has 0 fully saturated rings. The zero-order valence-corrected chi connectivity index (χ0v) is 7.30. The second kappa shape index (κ2) is 2.82. The highest BCUT2D eigenvalue weighted by atomic mass is 32.2. The van der Waals surface area contributed by atoms with Crippen LogP contribution < -0.4 is 5.73 Å². The van der Waals surface area contributed by atoms with Gasteiger partial charge in [0.15, 0.2) is 0 Å². The van der Waals surface area contributed by atoms with Gasteiger partial charge in [-0.2, -0.15) is 5.10 Å². The molecule has 1 aromatic rings. The predicted octanol–water partition coefficient (Wildman–Crippen LogP) is 0.478. The molecule has 0 aliphatic carbocycles. The Bertz CT molecular complexity index is 320. The average Bonchev–Trinajstić information content (AvgIpc) is 2.47. The van der Waals surface area contributed by atoms with Crippen LogP contribution in [0.2, 0.25) is 0 Å². The minimum absolute atomic E-state index is 0.384. The second-order valence-electron chi connectivity index (χ2n) is 2.65. The number of aryl methyl sites for hydroxylation is 1. The highest BCUT2D eigenvalue weighted by molar-refractivity contribution is 7.99. The summed E-state index contributed by atoms with van der Waals surface area (Å²) < 4.78 is 1.84. The summed E-state index contributed by atoms with van der Waals surface area (Å²) in [5, 5.41) is 5.00. The molecule has 1 amide bonds. The van der Waals surface area contributed by atoms with E-state index in [1.54, 1.807) is 18.0 Å². The molecule has 0 aromatic carbocycles. The summed E-state index contributed by atoms with van der Waals surface area (Å²) in [5.74, 6) is 0.664. The Balaban J connectivity index is 2.44. The zero-order chi connectivity index (χ0) is 8.55. The Kier molecular flexibility index (Phi) is 1.80. The topological polar surface area (TPSA) is 60.9 Å². The van der Waals surface area contributed by atoms with E-state index in [4.69, 9.17) is 5.73 Å². The molecule has 0 saturated carbocycles. The van der Waals surface area contributed by atoms with Gasteiger partial charge in [-0.05, 0) is 6.42 Å². The van der Waals surface area contributed by atoms with Gasteiger partial charge in [0.2, 0.25) is 0 Å². The van der Waals surface area contributed by atoms with E-state index in [0.29, 0.717) is 5.56 Å². The van der Waals surface area contributed by atoms with Crippen LogP contribution in [0.25, 0.3) is 0 Å². The van der Waals surface area contributed by atoms with Gasteiger partial charge >= 0.3 is 0 Å². The van der Waals surface area contributed by atoms with Gasteiger partial charge in [0, 0.05) is 12.3 Å². The van der Waals surface area contributed by atoms with Crippen LogP contribution in [0.3, 0.4) is 0 Å². The fourth-order valence-corrected chi connectivity index (χ4v) is 2.30. The maximum absolute atomic E-state index is 10.9. The van der Waals surface area contributed by atoms with Crippen LogP contribution in [-0.4, -0.2) is 21.4 Å². The lowest BCUT2D eigenvalue weighted by Crippen LogP contribution is -2.14. The Morgan fingerprint density at radius 1 is 1.75 bits per heavy atom. The van der Waals surface area contributed by atoms with Crippen molar-refractivity contribution >= 4 is 17.7 Å². The molecule has 0 radical (unpaired) electrons. The van der Waals surface area contributed by atoms with Gasteiger partial charge in [-0.3, -0.25) is 9.48 Å². The summed E-state index contributed by atoms with van der Waals surface area (Å²) >= 11 is 1.65. The molecule has 1 aliphatic rings. The Morgan fingerprint density at radius 2 is 2.58 bits per heavy atom. The molecule has 1 aliphatic heterocycles. The first-order chi connectivity index (χ1) is 5.79. The third-order valence-electron chi connectivity index (χ3n) is 1.81. The van der Waals surface area contributed by atoms with Crippen molar-refractivity contribution < 1.29 is 4.79 Å². The van der Waals surface area contributed by atoms with E-state index in [0.717, 1.165) is 23.7 Å². The normalized spacial score (nSPS) is 15.7.